The number of hydrogen-bond acceptors (Lipinski definition) is 3. The summed E-state index contributed by atoms with van der Waals surface area (Å²) in [7, 11) is -3.62. The van der Waals surface area contributed by atoms with Crippen LogP contribution in [0.5, 0.6) is 0 Å². The SMILES string of the molecule is CC(C)CCNS(=O)(=O)c1cccc(C(=O)NC(C)c2ccccc2)c1. The second-order valence-electron chi connectivity index (χ2n) is 6.71. The summed E-state index contributed by atoms with van der Waals surface area (Å²) >= 11 is 0. The van der Waals surface area contributed by atoms with Gasteiger partial charge in [0.1, 0.15) is 0 Å². The Kier molecular flexibility index (Phi) is 6.94. The summed E-state index contributed by atoms with van der Waals surface area (Å²) in [4.78, 5) is 12.6. The molecule has 2 rings (SSSR count). The van der Waals surface area contributed by atoms with E-state index in [-0.39, 0.29) is 16.8 Å². The zero-order valence-electron chi connectivity index (χ0n) is 15.4. The first-order chi connectivity index (χ1) is 12.3. The first kappa shape index (κ1) is 20.1. The zero-order chi connectivity index (χ0) is 19.2. The molecule has 0 spiro atoms. The number of sulfonamides is 1. The fourth-order valence-corrected chi connectivity index (χ4v) is 3.57. The number of amides is 1. The number of carbonyl (C=O) groups excluding carboxylic acids is 1. The van der Waals surface area contributed by atoms with Gasteiger partial charge in [-0.1, -0.05) is 50.2 Å². The normalized spacial score (nSPS) is 12.8. The number of hydrogen-bond donors (Lipinski definition) is 2. The van der Waals surface area contributed by atoms with Gasteiger partial charge < -0.3 is 5.32 Å². The van der Waals surface area contributed by atoms with Gasteiger partial charge in [-0.05, 0) is 43.0 Å². The van der Waals surface area contributed by atoms with Gasteiger partial charge in [-0.25, -0.2) is 13.1 Å². The lowest BCUT2D eigenvalue weighted by Gasteiger charge is -2.15. The molecule has 2 N–H and O–H groups in total. The molecular weight excluding hydrogens is 348 g/mol. The molecule has 0 aromatic heterocycles. The van der Waals surface area contributed by atoms with E-state index in [4.69, 9.17) is 0 Å². The maximum atomic E-state index is 12.5. The van der Waals surface area contributed by atoms with Crippen LogP contribution in [0.3, 0.4) is 0 Å². The van der Waals surface area contributed by atoms with Crippen LogP contribution in [0.4, 0.5) is 0 Å². The van der Waals surface area contributed by atoms with Crippen LogP contribution in [-0.4, -0.2) is 20.9 Å². The third-order valence-electron chi connectivity index (χ3n) is 4.07. The van der Waals surface area contributed by atoms with E-state index in [0.717, 1.165) is 12.0 Å². The molecule has 0 saturated heterocycles. The van der Waals surface area contributed by atoms with Crippen molar-refractivity contribution in [3.8, 4) is 0 Å². The van der Waals surface area contributed by atoms with Gasteiger partial charge >= 0.3 is 0 Å². The van der Waals surface area contributed by atoms with Gasteiger partial charge in [-0.2, -0.15) is 0 Å². The molecule has 0 aliphatic rings. The first-order valence-electron chi connectivity index (χ1n) is 8.75. The minimum absolute atomic E-state index is 0.0984. The van der Waals surface area contributed by atoms with Crippen molar-refractivity contribution in [2.45, 2.75) is 38.1 Å². The summed E-state index contributed by atoms with van der Waals surface area (Å²) in [5, 5.41) is 2.90. The van der Waals surface area contributed by atoms with Gasteiger partial charge in [0.15, 0.2) is 0 Å². The smallest absolute Gasteiger partial charge is 0.251 e. The summed E-state index contributed by atoms with van der Waals surface area (Å²) in [5.74, 6) is 0.106. The molecule has 6 heteroatoms. The summed E-state index contributed by atoms with van der Waals surface area (Å²) in [5.41, 5.74) is 1.31. The Labute approximate surface area is 155 Å². The van der Waals surface area contributed by atoms with Crippen molar-refractivity contribution >= 4 is 15.9 Å². The van der Waals surface area contributed by atoms with Crippen LogP contribution in [0.15, 0.2) is 59.5 Å². The zero-order valence-corrected chi connectivity index (χ0v) is 16.2. The van der Waals surface area contributed by atoms with E-state index < -0.39 is 10.0 Å². The van der Waals surface area contributed by atoms with Crippen LogP contribution >= 0.6 is 0 Å². The Morgan fingerprint density at radius 2 is 1.69 bits per heavy atom. The van der Waals surface area contributed by atoms with E-state index in [2.05, 4.69) is 10.0 Å². The Hall–Kier alpha value is -2.18. The highest BCUT2D eigenvalue weighted by Gasteiger charge is 2.17. The molecule has 0 fully saturated rings. The minimum Gasteiger partial charge on any atom is -0.346 e. The summed E-state index contributed by atoms with van der Waals surface area (Å²) in [6.45, 7) is 6.34. The van der Waals surface area contributed by atoms with Gasteiger partial charge in [0.05, 0.1) is 10.9 Å². The lowest BCUT2D eigenvalue weighted by Crippen LogP contribution is -2.28. The van der Waals surface area contributed by atoms with E-state index in [1.807, 2.05) is 51.1 Å². The van der Waals surface area contributed by atoms with Gasteiger partial charge in [0.2, 0.25) is 10.0 Å². The van der Waals surface area contributed by atoms with Crippen LogP contribution in [0.25, 0.3) is 0 Å². The molecule has 2 aromatic carbocycles. The Balaban J connectivity index is 2.09. The first-order valence-corrected chi connectivity index (χ1v) is 10.2. The number of rotatable bonds is 8. The van der Waals surface area contributed by atoms with E-state index >= 15 is 0 Å². The molecular formula is C20H26N2O3S. The topological polar surface area (TPSA) is 75.3 Å². The van der Waals surface area contributed by atoms with Gasteiger partial charge in [0, 0.05) is 12.1 Å². The average molecular weight is 375 g/mol. The Morgan fingerprint density at radius 1 is 1.00 bits per heavy atom. The maximum absolute atomic E-state index is 12.5. The highest BCUT2D eigenvalue weighted by Crippen LogP contribution is 2.15. The molecule has 1 atom stereocenters. The average Bonchev–Trinajstić information content (AvgIpc) is 2.62. The molecule has 1 amide bonds. The summed E-state index contributed by atoms with van der Waals surface area (Å²) in [6, 6.07) is 15.5. The predicted molar refractivity (Wildman–Crippen MR) is 103 cm³/mol. The second kappa shape index (κ2) is 8.96. The Bertz CT molecular complexity index is 833. The molecule has 0 aliphatic heterocycles. The van der Waals surface area contributed by atoms with Gasteiger partial charge in [-0.15, -0.1) is 0 Å². The predicted octanol–water partition coefficient (Wildman–Crippen LogP) is 3.50. The fraction of sp³-hybridized carbons (Fsp3) is 0.350. The van der Waals surface area contributed by atoms with Crippen molar-refractivity contribution < 1.29 is 13.2 Å². The number of benzene rings is 2. The minimum atomic E-state index is -3.62. The highest BCUT2D eigenvalue weighted by molar-refractivity contribution is 7.89. The van der Waals surface area contributed by atoms with Crippen LogP contribution in [0.2, 0.25) is 0 Å². The maximum Gasteiger partial charge on any atom is 0.251 e. The molecule has 1 unspecified atom stereocenters. The van der Waals surface area contributed by atoms with Crippen molar-refractivity contribution in [3.63, 3.8) is 0 Å². The number of nitrogens with one attached hydrogen (secondary N) is 2. The van der Waals surface area contributed by atoms with Crippen molar-refractivity contribution in [1.82, 2.24) is 10.0 Å². The van der Waals surface area contributed by atoms with Crippen molar-refractivity contribution in [2.24, 2.45) is 5.92 Å². The van der Waals surface area contributed by atoms with Crippen molar-refractivity contribution in [3.05, 3.63) is 65.7 Å². The molecule has 0 radical (unpaired) electrons. The summed E-state index contributed by atoms with van der Waals surface area (Å²) in [6.07, 6.45) is 0.758. The molecule has 5 nitrogen and oxygen atoms in total. The van der Waals surface area contributed by atoms with Gasteiger partial charge in [-0.3, -0.25) is 4.79 Å². The van der Waals surface area contributed by atoms with E-state index in [1.54, 1.807) is 12.1 Å². The molecule has 0 saturated carbocycles. The van der Waals surface area contributed by atoms with Crippen LogP contribution in [-0.2, 0) is 10.0 Å². The van der Waals surface area contributed by atoms with E-state index in [1.165, 1.54) is 12.1 Å². The van der Waals surface area contributed by atoms with E-state index in [0.29, 0.717) is 18.0 Å². The van der Waals surface area contributed by atoms with Crippen LogP contribution in [0, 0.1) is 5.92 Å². The van der Waals surface area contributed by atoms with Crippen molar-refractivity contribution in [1.29, 1.82) is 0 Å². The van der Waals surface area contributed by atoms with E-state index in [9.17, 15) is 13.2 Å². The highest BCUT2D eigenvalue weighted by atomic mass is 32.2. The monoisotopic (exact) mass is 374 g/mol. The lowest BCUT2D eigenvalue weighted by atomic mass is 10.1. The third-order valence-corrected chi connectivity index (χ3v) is 5.53. The Morgan fingerprint density at radius 3 is 2.35 bits per heavy atom. The van der Waals surface area contributed by atoms with Gasteiger partial charge in [0.25, 0.3) is 5.91 Å². The molecule has 26 heavy (non-hydrogen) atoms. The third kappa shape index (κ3) is 5.68. The van der Waals surface area contributed by atoms with Crippen LogP contribution < -0.4 is 10.0 Å². The summed E-state index contributed by atoms with van der Waals surface area (Å²) < 4.78 is 27.4. The largest absolute Gasteiger partial charge is 0.346 e. The molecule has 140 valence electrons. The molecule has 0 aliphatic carbocycles. The quantitative estimate of drug-likeness (QED) is 0.742. The second-order valence-corrected chi connectivity index (χ2v) is 8.48. The molecule has 2 aromatic rings. The number of carbonyl (C=O) groups is 1. The standard InChI is InChI=1S/C20H26N2O3S/c1-15(2)12-13-21-26(24,25)19-11-7-10-18(14-19)20(23)22-16(3)17-8-5-4-6-9-17/h4-11,14-16,21H,12-13H2,1-3H3,(H,22,23). The molecule has 0 bridgehead atoms. The van der Waals surface area contributed by atoms with Crippen LogP contribution in [0.1, 0.15) is 49.2 Å². The van der Waals surface area contributed by atoms with Crippen molar-refractivity contribution in [2.75, 3.05) is 6.54 Å². The lowest BCUT2D eigenvalue weighted by molar-refractivity contribution is 0.0939. The molecule has 0 heterocycles. The fourth-order valence-electron chi connectivity index (χ4n) is 2.47.